The molecular weight excluding hydrogens is 430 g/mol. The highest BCUT2D eigenvalue weighted by atomic mass is 16.5. The number of ether oxygens (including phenoxy) is 1. The van der Waals surface area contributed by atoms with E-state index in [1.165, 1.54) is 12.8 Å². The van der Waals surface area contributed by atoms with Gasteiger partial charge in [0.1, 0.15) is 5.75 Å². The van der Waals surface area contributed by atoms with Gasteiger partial charge in [-0.2, -0.15) is 5.10 Å². The monoisotopic (exact) mass is 459 g/mol. The van der Waals surface area contributed by atoms with Crippen LogP contribution >= 0.6 is 0 Å². The van der Waals surface area contributed by atoms with Gasteiger partial charge in [0.25, 0.3) is 0 Å². The van der Waals surface area contributed by atoms with E-state index in [1.54, 1.807) is 18.2 Å². The third kappa shape index (κ3) is 4.53. The molecule has 3 heterocycles. The largest absolute Gasteiger partial charge is 0.497 e. The van der Waals surface area contributed by atoms with Crippen LogP contribution in [0.25, 0.3) is 11.4 Å². The minimum Gasteiger partial charge on any atom is -0.497 e. The standard InChI is InChI=1S/C26H29N5O3/c1-34-22-10-6-9-21(15-22)30-17-18(13-25(30)32)26(33)28-16-19-14-24(23-11-4-5-12-27-23)31(29-19)20-7-2-3-8-20/h4-6,9-12,14-15,18,20H,2-3,7-8,13,16-17H2,1H3,(H,28,33). The zero-order valence-electron chi connectivity index (χ0n) is 19.3. The Balaban J connectivity index is 1.27. The van der Waals surface area contributed by atoms with Crippen molar-refractivity contribution in [2.75, 3.05) is 18.6 Å². The summed E-state index contributed by atoms with van der Waals surface area (Å²) in [6.45, 7) is 0.676. The summed E-state index contributed by atoms with van der Waals surface area (Å²) in [6, 6.07) is 15.6. The van der Waals surface area contributed by atoms with E-state index in [2.05, 4.69) is 15.0 Å². The SMILES string of the molecule is COc1cccc(N2CC(C(=O)NCc3cc(-c4ccccn4)n(C4CCCC4)n3)CC2=O)c1. The topological polar surface area (TPSA) is 89.3 Å². The number of hydrogen-bond donors (Lipinski definition) is 1. The molecule has 0 spiro atoms. The molecule has 2 aromatic heterocycles. The normalized spacial score (nSPS) is 18.4. The van der Waals surface area contributed by atoms with E-state index in [4.69, 9.17) is 9.84 Å². The Bertz CT molecular complexity index is 1170. The van der Waals surface area contributed by atoms with E-state index >= 15 is 0 Å². The molecule has 2 aliphatic rings. The lowest BCUT2D eigenvalue weighted by Crippen LogP contribution is -2.32. The zero-order valence-corrected chi connectivity index (χ0v) is 19.3. The molecule has 8 heteroatoms. The number of benzene rings is 1. The molecule has 0 radical (unpaired) electrons. The average Bonchev–Trinajstić information content (AvgIpc) is 3.63. The Morgan fingerprint density at radius 2 is 2.00 bits per heavy atom. The number of carbonyl (C=O) groups is 2. The van der Waals surface area contributed by atoms with Gasteiger partial charge in [-0.25, -0.2) is 0 Å². The highest BCUT2D eigenvalue weighted by molar-refractivity contribution is 6.00. The van der Waals surface area contributed by atoms with Gasteiger partial charge in [-0.1, -0.05) is 25.0 Å². The Hall–Kier alpha value is -3.68. The van der Waals surface area contributed by atoms with Crippen molar-refractivity contribution in [3.8, 4) is 17.1 Å². The minimum atomic E-state index is -0.397. The molecule has 3 aromatic rings. The molecule has 0 bridgehead atoms. The number of carbonyl (C=O) groups excluding carboxylic acids is 2. The van der Waals surface area contributed by atoms with Crippen molar-refractivity contribution in [1.82, 2.24) is 20.1 Å². The third-order valence-corrected chi connectivity index (χ3v) is 6.69. The number of nitrogens with one attached hydrogen (secondary N) is 1. The summed E-state index contributed by atoms with van der Waals surface area (Å²) in [6.07, 6.45) is 6.61. The highest BCUT2D eigenvalue weighted by Crippen LogP contribution is 2.33. The van der Waals surface area contributed by atoms with Gasteiger partial charge in [-0.05, 0) is 43.2 Å². The summed E-state index contributed by atoms with van der Waals surface area (Å²) in [5.41, 5.74) is 3.41. The number of rotatable bonds is 7. The van der Waals surface area contributed by atoms with E-state index in [0.717, 1.165) is 35.6 Å². The van der Waals surface area contributed by atoms with Gasteiger partial charge >= 0.3 is 0 Å². The third-order valence-electron chi connectivity index (χ3n) is 6.69. The molecule has 1 aromatic carbocycles. The summed E-state index contributed by atoms with van der Waals surface area (Å²) in [5, 5.41) is 7.83. The van der Waals surface area contributed by atoms with Crippen molar-refractivity contribution in [1.29, 1.82) is 0 Å². The van der Waals surface area contributed by atoms with E-state index in [9.17, 15) is 9.59 Å². The molecule has 1 atom stereocenters. The molecule has 1 N–H and O–H groups in total. The van der Waals surface area contributed by atoms with Crippen LogP contribution in [-0.4, -0.2) is 40.2 Å². The van der Waals surface area contributed by atoms with Crippen molar-refractivity contribution in [2.45, 2.75) is 44.7 Å². The van der Waals surface area contributed by atoms with Crippen molar-refractivity contribution in [3.63, 3.8) is 0 Å². The van der Waals surface area contributed by atoms with Crippen molar-refractivity contribution < 1.29 is 14.3 Å². The number of anilines is 1. The molecule has 1 aliphatic carbocycles. The highest BCUT2D eigenvalue weighted by Gasteiger charge is 2.35. The Morgan fingerprint density at radius 1 is 1.15 bits per heavy atom. The van der Waals surface area contributed by atoms with E-state index < -0.39 is 5.92 Å². The van der Waals surface area contributed by atoms with E-state index in [1.807, 2.05) is 48.5 Å². The van der Waals surface area contributed by atoms with Gasteiger partial charge in [0.05, 0.1) is 42.7 Å². The van der Waals surface area contributed by atoms with E-state index in [-0.39, 0.29) is 18.2 Å². The molecule has 1 saturated carbocycles. The number of nitrogens with zero attached hydrogens (tertiary/aromatic N) is 4. The molecule has 34 heavy (non-hydrogen) atoms. The predicted molar refractivity (Wildman–Crippen MR) is 128 cm³/mol. The summed E-state index contributed by atoms with van der Waals surface area (Å²) in [7, 11) is 1.59. The number of methoxy groups -OCH3 is 1. The zero-order chi connectivity index (χ0) is 23.5. The molecule has 176 valence electrons. The van der Waals surface area contributed by atoms with Gasteiger partial charge in [0, 0.05) is 30.9 Å². The van der Waals surface area contributed by atoms with Crippen molar-refractivity contribution in [3.05, 3.63) is 60.4 Å². The van der Waals surface area contributed by atoms with Crippen LogP contribution in [0.5, 0.6) is 5.75 Å². The lowest BCUT2D eigenvalue weighted by Gasteiger charge is -2.17. The predicted octanol–water partition coefficient (Wildman–Crippen LogP) is 3.74. The fraction of sp³-hybridized carbons (Fsp3) is 0.385. The van der Waals surface area contributed by atoms with E-state index in [0.29, 0.717) is 24.9 Å². The van der Waals surface area contributed by atoms with Crippen molar-refractivity contribution in [2.24, 2.45) is 5.92 Å². The fourth-order valence-corrected chi connectivity index (χ4v) is 4.90. The quantitative estimate of drug-likeness (QED) is 0.581. The maximum absolute atomic E-state index is 12.9. The number of amides is 2. The summed E-state index contributed by atoms with van der Waals surface area (Å²) in [4.78, 5) is 31.7. The Morgan fingerprint density at radius 3 is 2.76 bits per heavy atom. The van der Waals surface area contributed by atoms with Crippen LogP contribution in [0.4, 0.5) is 5.69 Å². The van der Waals surface area contributed by atoms with Gasteiger partial charge in [0.2, 0.25) is 11.8 Å². The lowest BCUT2D eigenvalue weighted by molar-refractivity contribution is -0.126. The van der Waals surface area contributed by atoms with Crippen molar-refractivity contribution >= 4 is 17.5 Å². The first-order chi connectivity index (χ1) is 16.6. The lowest BCUT2D eigenvalue weighted by atomic mass is 10.1. The smallest absolute Gasteiger partial charge is 0.227 e. The minimum absolute atomic E-state index is 0.0589. The van der Waals surface area contributed by atoms with Gasteiger partial charge in [-0.3, -0.25) is 19.3 Å². The van der Waals surface area contributed by atoms with Crippen LogP contribution in [0.3, 0.4) is 0 Å². The fourth-order valence-electron chi connectivity index (χ4n) is 4.90. The summed E-state index contributed by atoms with van der Waals surface area (Å²) in [5.74, 6) is 0.0931. The van der Waals surface area contributed by atoms with Crippen LogP contribution < -0.4 is 15.0 Å². The molecule has 1 aliphatic heterocycles. The van der Waals surface area contributed by atoms with Gasteiger partial charge < -0.3 is 15.0 Å². The van der Waals surface area contributed by atoms with Crippen LogP contribution in [0.1, 0.15) is 43.8 Å². The summed E-state index contributed by atoms with van der Waals surface area (Å²) < 4.78 is 7.35. The Labute approximate surface area is 198 Å². The van der Waals surface area contributed by atoms with Crippen LogP contribution in [0.2, 0.25) is 0 Å². The number of pyridine rings is 1. The molecule has 1 unspecified atom stereocenters. The maximum atomic E-state index is 12.9. The summed E-state index contributed by atoms with van der Waals surface area (Å²) >= 11 is 0. The number of aromatic nitrogens is 3. The molecule has 2 fully saturated rings. The van der Waals surface area contributed by atoms with Crippen LogP contribution in [-0.2, 0) is 16.1 Å². The molecule has 5 rings (SSSR count). The first-order valence-corrected chi connectivity index (χ1v) is 11.8. The number of hydrogen-bond acceptors (Lipinski definition) is 5. The first-order valence-electron chi connectivity index (χ1n) is 11.8. The second kappa shape index (κ2) is 9.67. The average molecular weight is 460 g/mol. The molecule has 8 nitrogen and oxygen atoms in total. The molecule has 1 saturated heterocycles. The van der Waals surface area contributed by atoms with Gasteiger partial charge in [0.15, 0.2) is 0 Å². The molecule has 2 amide bonds. The second-order valence-electron chi connectivity index (χ2n) is 8.94. The Kier molecular flexibility index (Phi) is 6.29. The van der Waals surface area contributed by atoms with Crippen LogP contribution in [0.15, 0.2) is 54.7 Å². The molecular formula is C26H29N5O3. The second-order valence-corrected chi connectivity index (χ2v) is 8.94. The van der Waals surface area contributed by atoms with Gasteiger partial charge in [-0.15, -0.1) is 0 Å². The van der Waals surface area contributed by atoms with Crippen LogP contribution in [0, 0.1) is 5.92 Å². The first kappa shape index (κ1) is 22.1. The maximum Gasteiger partial charge on any atom is 0.227 e.